The van der Waals surface area contributed by atoms with Gasteiger partial charge in [0.2, 0.25) is 0 Å². The first-order valence-electron chi connectivity index (χ1n) is 4.96. The first-order valence-corrected chi connectivity index (χ1v) is 4.96. The molecule has 1 heterocycles. The van der Waals surface area contributed by atoms with Gasteiger partial charge in [0.25, 0.3) is 0 Å². The minimum absolute atomic E-state index is 0.244. The molecule has 0 aromatic heterocycles. The fraction of sp³-hybridized carbons (Fsp3) is 0.900. The predicted octanol–water partition coefficient (Wildman–Crippen LogP) is 0.993. The average Bonchev–Trinajstić information content (AvgIpc) is 2.18. The van der Waals surface area contributed by atoms with Crippen LogP contribution in [0.25, 0.3) is 0 Å². The Morgan fingerprint density at radius 1 is 1.54 bits per heavy atom. The molecular formula is C10H18N2O. The Bertz CT molecular complexity index is 201. The number of likely N-dealkylation sites (tertiary alicyclic amines) is 1. The number of piperidine rings is 1. The Hall–Kier alpha value is -0.590. The van der Waals surface area contributed by atoms with Crippen LogP contribution >= 0.6 is 0 Å². The molecule has 0 radical (unpaired) electrons. The zero-order chi connectivity index (χ0) is 9.90. The van der Waals surface area contributed by atoms with E-state index in [0.717, 1.165) is 32.5 Å². The van der Waals surface area contributed by atoms with Crippen molar-refractivity contribution in [2.75, 3.05) is 19.6 Å². The molecule has 1 atom stereocenters. The molecule has 1 rings (SSSR count). The van der Waals surface area contributed by atoms with Crippen molar-refractivity contribution in [3.8, 4) is 6.07 Å². The smallest absolute Gasteiger partial charge is 0.0826 e. The molecule has 0 amide bonds. The molecule has 1 fully saturated rings. The molecule has 3 nitrogen and oxygen atoms in total. The van der Waals surface area contributed by atoms with Crippen molar-refractivity contribution in [3.05, 3.63) is 0 Å². The lowest BCUT2D eigenvalue weighted by Gasteiger charge is -2.39. The van der Waals surface area contributed by atoms with Gasteiger partial charge in [-0.15, -0.1) is 0 Å². The molecule has 0 aromatic carbocycles. The molecule has 3 heteroatoms. The summed E-state index contributed by atoms with van der Waals surface area (Å²) in [6.07, 6.45) is 1.46. The molecular weight excluding hydrogens is 164 g/mol. The monoisotopic (exact) mass is 182 g/mol. The van der Waals surface area contributed by atoms with Crippen molar-refractivity contribution < 1.29 is 5.11 Å². The van der Waals surface area contributed by atoms with Gasteiger partial charge in [0.1, 0.15) is 0 Å². The molecule has 1 unspecified atom stereocenters. The summed E-state index contributed by atoms with van der Waals surface area (Å²) < 4.78 is 0. The highest BCUT2D eigenvalue weighted by Gasteiger charge is 2.36. The lowest BCUT2D eigenvalue weighted by Crippen LogP contribution is -2.47. The summed E-state index contributed by atoms with van der Waals surface area (Å²) in [5, 5.41) is 18.9. The van der Waals surface area contributed by atoms with Gasteiger partial charge in [-0.1, -0.05) is 6.92 Å². The van der Waals surface area contributed by atoms with E-state index >= 15 is 0 Å². The summed E-state index contributed by atoms with van der Waals surface area (Å²) in [7, 11) is 0. The molecule has 1 aliphatic rings. The zero-order valence-electron chi connectivity index (χ0n) is 8.45. The summed E-state index contributed by atoms with van der Waals surface area (Å²) >= 11 is 0. The number of nitrogens with zero attached hydrogens (tertiary/aromatic N) is 2. The van der Waals surface area contributed by atoms with Crippen LogP contribution in [-0.2, 0) is 0 Å². The topological polar surface area (TPSA) is 47.3 Å². The highest BCUT2D eigenvalue weighted by molar-refractivity contribution is 4.98. The van der Waals surface area contributed by atoms with Crippen LogP contribution in [0, 0.1) is 17.2 Å². The van der Waals surface area contributed by atoms with Crippen LogP contribution in [-0.4, -0.2) is 35.2 Å². The van der Waals surface area contributed by atoms with Crippen LogP contribution in [0.5, 0.6) is 0 Å². The maximum absolute atomic E-state index is 10.1. The van der Waals surface area contributed by atoms with E-state index in [2.05, 4.69) is 17.9 Å². The lowest BCUT2D eigenvalue weighted by molar-refractivity contribution is -0.0450. The van der Waals surface area contributed by atoms with Gasteiger partial charge in [0, 0.05) is 13.1 Å². The number of aliphatic hydroxyl groups is 1. The van der Waals surface area contributed by atoms with Crippen molar-refractivity contribution in [2.24, 2.45) is 5.92 Å². The Kier molecular flexibility index (Phi) is 3.29. The number of hydrogen-bond donors (Lipinski definition) is 1. The Balaban J connectivity index is 2.52. The molecule has 1 saturated heterocycles. The third kappa shape index (κ3) is 2.20. The normalized spacial score (nSPS) is 25.1. The number of rotatable bonds is 2. The third-order valence-corrected chi connectivity index (χ3v) is 3.17. The quantitative estimate of drug-likeness (QED) is 0.693. The summed E-state index contributed by atoms with van der Waals surface area (Å²) in [6.45, 7) is 6.80. The van der Waals surface area contributed by atoms with Gasteiger partial charge in [-0.25, -0.2) is 0 Å². The Labute approximate surface area is 80.0 Å². The van der Waals surface area contributed by atoms with Crippen molar-refractivity contribution in [1.82, 2.24) is 4.90 Å². The molecule has 74 valence electrons. The van der Waals surface area contributed by atoms with E-state index in [-0.39, 0.29) is 5.92 Å². The number of hydrogen-bond acceptors (Lipinski definition) is 3. The first kappa shape index (κ1) is 10.5. The van der Waals surface area contributed by atoms with E-state index in [1.165, 1.54) is 0 Å². The van der Waals surface area contributed by atoms with E-state index in [1.54, 1.807) is 0 Å². The van der Waals surface area contributed by atoms with Crippen LogP contribution < -0.4 is 0 Å². The second-order valence-corrected chi connectivity index (χ2v) is 3.89. The van der Waals surface area contributed by atoms with Crippen LogP contribution in [0.2, 0.25) is 0 Å². The summed E-state index contributed by atoms with van der Waals surface area (Å²) in [5.41, 5.74) is -0.736. The van der Waals surface area contributed by atoms with E-state index < -0.39 is 5.60 Å². The lowest BCUT2D eigenvalue weighted by atomic mass is 9.81. The molecule has 1 aliphatic heterocycles. The molecule has 0 aromatic rings. The van der Waals surface area contributed by atoms with E-state index in [4.69, 9.17) is 5.26 Å². The molecule has 0 aliphatic carbocycles. The Morgan fingerprint density at radius 3 is 2.46 bits per heavy atom. The van der Waals surface area contributed by atoms with Crippen LogP contribution in [0.1, 0.15) is 26.7 Å². The van der Waals surface area contributed by atoms with Crippen molar-refractivity contribution in [1.29, 1.82) is 5.26 Å². The SMILES string of the molecule is CCN1CCC(O)(C(C)C#N)CC1. The van der Waals surface area contributed by atoms with Gasteiger partial charge >= 0.3 is 0 Å². The second-order valence-electron chi connectivity index (χ2n) is 3.89. The van der Waals surface area contributed by atoms with Crippen LogP contribution in [0.15, 0.2) is 0 Å². The van der Waals surface area contributed by atoms with Gasteiger partial charge in [-0.3, -0.25) is 0 Å². The fourth-order valence-electron chi connectivity index (χ4n) is 1.81. The maximum Gasteiger partial charge on any atom is 0.0826 e. The van der Waals surface area contributed by atoms with Crippen LogP contribution in [0.3, 0.4) is 0 Å². The van der Waals surface area contributed by atoms with Crippen molar-refractivity contribution in [2.45, 2.75) is 32.3 Å². The highest BCUT2D eigenvalue weighted by atomic mass is 16.3. The van der Waals surface area contributed by atoms with Gasteiger partial charge in [0.15, 0.2) is 0 Å². The fourth-order valence-corrected chi connectivity index (χ4v) is 1.81. The van der Waals surface area contributed by atoms with E-state index in [9.17, 15) is 5.11 Å². The number of nitriles is 1. The molecule has 0 bridgehead atoms. The third-order valence-electron chi connectivity index (χ3n) is 3.17. The van der Waals surface area contributed by atoms with Crippen molar-refractivity contribution >= 4 is 0 Å². The minimum atomic E-state index is -0.736. The van der Waals surface area contributed by atoms with E-state index in [1.807, 2.05) is 6.92 Å². The highest BCUT2D eigenvalue weighted by Crippen LogP contribution is 2.29. The molecule has 1 N–H and O–H groups in total. The van der Waals surface area contributed by atoms with Gasteiger partial charge < -0.3 is 10.0 Å². The van der Waals surface area contributed by atoms with E-state index in [0.29, 0.717) is 0 Å². The Morgan fingerprint density at radius 2 is 2.08 bits per heavy atom. The van der Waals surface area contributed by atoms with Crippen LogP contribution in [0.4, 0.5) is 0 Å². The largest absolute Gasteiger partial charge is 0.388 e. The van der Waals surface area contributed by atoms with Gasteiger partial charge in [-0.05, 0) is 26.3 Å². The van der Waals surface area contributed by atoms with Crippen molar-refractivity contribution in [3.63, 3.8) is 0 Å². The molecule has 0 spiro atoms. The first-order chi connectivity index (χ1) is 6.12. The zero-order valence-corrected chi connectivity index (χ0v) is 8.45. The average molecular weight is 182 g/mol. The summed E-state index contributed by atoms with van der Waals surface area (Å²) in [4.78, 5) is 2.30. The second kappa shape index (κ2) is 4.08. The standard InChI is InChI=1S/C10H18N2O/c1-3-12-6-4-10(13,5-7-12)9(2)8-11/h9,13H,3-7H2,1-2H3. The minimum Gasteiger partial charge on any atom is -0.388 e. The maximum atomic E-state index is 10.1. The molecule has 0 saturated carbocycles. The van der Waals surface area contributed by atoms with Gasteiger partial charge in [-0.2, -0.15) is 5.26 Å². The van der Waals surface area contributed by atoms with Gasteiger partial charge in [0.05, 0.1) is 17.6 Å². The summed E-state index contributed by atoms with van der Waals surface area (Å²) in [5.74, 6) is -0.244. The predicted molar refractivity (Wildman–Crippen MR) is 51.1 cm³/mol. The summed E-state index contributed by atoms with van der Waals surface area (Å²) in [6, 6.07) is 2.14. The molecule has 13 heavy (non-hydrogen) atoms.